The van der Waals surface area contributed by atoms with Gasteiger partial charge < -0.3 is 5.11 Å². The highest BCUT2D eigenvalue weighted by Crippen LogP contribution is 2.32. The number of carboxylic acids is 1. The molecule has 0 bridgehead atoms. The molecule has 1 aromatic carbocycles. The molecule has 3 nitrogen and oxygen atoms in total. The molecule has 0 aliphatic heterocycles. The van der Waals surface area contributed by atoms with Crippen LogP contribution in [0.5, 0.6) is 0 Å². The first-order chi connectivity index (χ1) is 7.56. The van der Waals surface area contributed by atoms with Gasteiger partial charge in [-0.05, 0) is 24.6 Å². The number of carbonyl (C=O) groups is 1. The van der Waals surface area contributed by atoms with Crippen molar-refractivity contribution in [3.63, 3.8) is 0 Å². The third-order valence-electron chi connectivity index (χ3n) is 1.95. The van der Waals surface area contributed by atoms with E-state index in [4.69, 9.17) is 16.7 Å². The maximum absolute atomic E-state index is 10.4. The van der Waals surface area contributed by atoms with Crippen LogP contribution < -0.4 is 0 Å². The number of benzene rings is 1. The van der Waals surface area contributed by atoms with E-state index in [1.165, 1.54) is 23.1 Å². The average Bonchev–Trinajstić information content (AvgIpc) is 2.57. The second kappa shape index (κ2) is 4.61. The number of thiazole rings is 1. The Hall–Kier alpha value is -0.780. The van der Waals surface area contributed by atoms with Gasteiger partial charge in [0.2, 0.25) is 0 Å². The first kappa shape index (κ1) is 11.7. The van der Waals surface area contributed by atoms with Crippen molar-refractivity contribution in [3.8, 4) is 0 Å². The third kappa shape index (κ3) is 2.48. The van der Waals surface area contributed by atoms with Crippen LogP contribution in [0.3, 0.4) is 0 Å². The van der Waals surface area contributed by atoms with E-state index in [2.05, 4.69) is 4.98 Å². The van der Waals surface area contributed by atoms with Gasteiger partial charge in [0, 0.05) is 5.02 Å². The van der Waals surface area contributed by atoms with Crippen LogP contribution in [0.2, 0.25) is 5.02 Å². The highest BCUT2D eigenvalue weighted by Gasteiger charge is 2.09. The van der Waals surface area contributed by atoms with Crippen molar-refractivity contribution in [2.45, 2.75) is 11.3 Å². The lowest BCUT2D eigenvalue weighted by Crippen LogP contribution is -1.96. The zero-order valence-electron chi connectivity index (χ0n) is 8.36. The minimum atomic E-state index is -0.834. The van der Waals surface area contributed by atoms with Crippen LogP contribution in [0.4, 0.5) is 0 Å². The van der Waals surface area contributed by atoms with Crippen molar-refractivity contribution < 1.29 is 9.90 Å². The number of rotatable bonds is 3. The molecular weight excluding hydrogens is 266 g/mol. The molecule has 1 aromatic heterocycles. The molecule has 0 fully saturated rings. The predicted molar refractivity (Wildman–Crippen MR) is 67.7 cm³/mol. The molecule has 0 atom stereocenters. The number of hydrogen-bond donors (Lipinski definition) is 1. The maximum atomic E-state index is 10.4. The largest absolute Gasteiger partial charge is 0.481 e. The van der Waals surface area contributed by atoms with Gasteiger partial charge in [-0.3, -0.25) is 4.79 Å². The highest BCUT2D eigenvalue weighted by molar-refractivity contribution is 8.01. The summed E-state index contributed by atoms with van der Waals surface area (Å²) in [7, 11) is 0. The highest BCUT2D eigenvalue weighted by atomic mass is 35.5. The molecule has 0 saturated carbocycles. The number of fused-ring (bicyclic) bond motifs is 1. The molecule has 2 aromatic rings. The normalized spacial score (nSPS) is 10.9. The summed E-state index contributed by atoms with van der Waals surface area (Å²) in [6, 6.07) is 3.71. The molecule has 0 aliphatic carbocycles. The van der Waals surface area contributed by atoms with Gasteiger partial charge >= 0.3 is 5.97 Å². The van der Waals surface area contributed by atoms with E-state index in [1.807, 2.05) is 19.1 Å². The van der Waals surface area contributed by atoms with Crippen LogP contribution in [0.25, 0.3) is 10.2 Å². The molecule has 84 valence electrons. The fourth-order valence-electron chi connectivity index (χ4n) is 1.32. The minimum absolute atomic E-state index is 0.0343. The van der Waals surface area contributed by atoms with Crippen LogP contribution in [0.15, 0.2) is 16.5 Å². The quantitative estimate of drug-likeness (QED) is 0.871. The first-order valence-electron chi connectivity index (χ1n) is 4.47. The van der Waals surface area contributed by atoms with Gasteiger partial charge in [0.25, 0.3) is 0 Å². The summed E-state index contributed by atoms with van der Waals surface area (Å²) < 4.78 is 1.76. The number of nitrogens with zero attached hydrogens (tertiary/aromatic N) is 1. The van der Waals surface area contributed by atoms with E-state index in [0.29, 0.717) is 5.02 Å². The van der Waals surface area contributed by atoms with Gasteiger partial charge in [-0.2, -0.15) is 0 Å². The Morgan fingerprint density at radius 3 is 3.06 bits per heavy atom. The van der Waals surface area contributed by atoms with Crippen molar-refractivity contribution in [1.29, 1.82) is 0 Å². The molecule has 2 rings (SSSR count). The van der Waals surface area contributed by atoms with Crippen molar-refractivity contribution in [1.82, 2.24) is 4.98 Å². The van der Waals surface area contributed by atoms with E-state index in [9.17, 15) is 4.79 Å². The number of aliphatic carboxylic acids is 1. The molecule has 6 heteroatoms. The van der Waals surface area contributed by atoms with E-state index in [-0.39, 0.29) is 5.75 Å². The summed E-state index contributed by atoms with van der Waals surface area (Å²) in [5, 5.41) is 9.27. The lowest BCUT2D eigenvalue weighted by atomic mass is 10.2. The Morgan fingerprint density at radius 2 is 2.38 bits per heavy atom. The number of thioether (sulfide) groups is 1. The van der Waals surface area contributed by atoms with Gasteiger partial charge in [0.05, 0.1) is 16.0 Å². The number of carboxylic acid groups (broad SMARTS) is 1. The average molecular weight is 274 g/mol. The summed E-state index contributed by atoms with van der Waals surface area (Å²) in [6.45, 7) is 1.94. The second-order valence-electron chi connectivity index (χ2n) is 3.23. The van der Waals surface area contributed by atoms with Gasteiger partial charge in [-0.1, -0.05) is 23.4 Å². The summed E-state index contributed by atoms with van der Waals surface area (Å²) in [4.78, 5) is 14.8. The minimum Gasteiger partial charge on any atom is -0.481 e. The molecule has 16 heavy (non-hydrogen) atoms. The van der Waals surface area contributed by atoms with Gasteiger partial charge in [-0.25, -0.2) is 4.98 Å². The molecule has 0 saturated heterocycles. The van der Waals surface area contributed by atoms with Crippen LogP contribution >= 0.6 is 34.7 Å². The van der Waals surface area contributed by atoms with Crippen molar-refractivity contribution in [2.75, 3.05) is 5.75 Å². The first-order valence-corrected chi connectivity index (χ1v) is 6.65. The van der Waals surface area contributed by atoms with Crippen LogP contribution in [0, 0.1) is 6.92 Å². The van der Waals surface area contributed by atoms with E-state index in [0.717, 1.165) is 20.1 Å². The lowest BCUT2D eigenvalue weighted by molar-refractivity contribution is -0.133. The zero-order chi connectivity index (χ0) is 11.7. The zero-order valence-corrected chi connectivity index (χ0v) is 10.7. The maximum Gasteiger partial charge on any atom is 0.313 e. The van der Waals surface area contributed by atoms with E-state index >= 15 is 0 Å². The Balaban J connectivity index is 2.36. The van der Waals surface area contributed by atoms with Gasteiger partial charge in [-0.15, -0.1) is 11.3 Å². The lowest BCUT2D eigenvalue weighted by Gasteiger charge is -1.94. The number of aryl methyl sites for hydroxylation is 1. The topological polar surface area (TPSA) is 50.2 Å². The van der Waals surface area contributed by atoms with Crippen molar-refractivity contribution >= 4 is 50.9 Å². The molecule has 0 spiro atoms. The number of halogens is 1. The number of aromatic nitrogens is 1. The third-order valence-corrected chi connectivity index (χ3v) is 4.30. The molecule has 0 unspecified atom stereocenters. The predicted octanol–water partition coefficient (Wildman–Crippen LogP) is 3.43. The molecular formula is C10H8ClNO2S2. The monoisotopic (exact) mass is 273 g/mol. The van der Waals surface area contributed by atoms with Gasteiger partial charge in [0.1, 0.15) is 0 Å². The standard InChI is InChI=1S/C10H8ClNO2S2/c1-5-2-6(11)3-7-9(5)12-10(16-7)15-4-8(13)14/h2-3H,4H2,1H3,(H,13,14). The Bertz CT molecular complexity index is 553. The fourth-order valence-corrected chi connectivity index (χ4v) is 3.56. The molecule has 0 aliphatic rings. The second-order valence-corrected chi connectivity index (χ2v) is 5.92. The van der Waals surface area contributed by atoms with Gasteiger partial charge in [0.15, 0.2) is 4.34 Å². The van der Waals surface area contributed by atoms with E-state index in [1.54, 1.807) is 0 Å². The Morgan fingerprint density at radius 1 is 1.62 bits per heavy atom. The molecule has 1 N–H and O–H groups in total. The SMILES string of the molecule is Cc1cc(Cl)cc2sc(SCC(=O)O)nc12. The van der Waals surface area contributed by atoms with Crippen LogP contribution in [-0.2, 0) is 4.79 Å². The Kier molecular flexibility index (Phi) is 3.37. The van der Waals surface area contributed by atoms with Crippen molar-refractivity contribution in [3.05, 3.63) is 22.7 Å². The summed E-state index contributed by atoms with van der Waals surface area (Å²) in [5.41, 5.74) is 1.92. The van der Waals surface area contributed by atoms with Crippen LogP contribution in [-0.4, -0.2) is 21.8 Å². The summed E-state index contributed by atoms with van der Waals surface area (Å²) >= 11 is 8.64. The molecule has 0 amide bonds. The summed E-state index contributed by atoms with van der Waals surface area (Å²) in [5.74, 6) is -0.800. The molecule has 0 radical (unpaired) electrons. The fraction of sp³-hybridized carbons (Fsp3) is 0.200. The Labute approximate surface area is 105 Å². The van der Waals surface area contributed by atoms with Crippen molar-refractivity contribution in [2.24, 2.45) is 0 Å². The number of hydrogen-bond acceptors (Lipinski definition) is 4. The summed E-state index contributed by atoms with van der Waals surface area (Å²) in [6.07, 6.45) is 0. The molecule has 1 heterocycles. The van der Waals surface area contributed by atoms with E-state index < -0.39 is 5.97 Å². The van der Waals surface area contributed by atoms with Crippen LogP contribution in [0.1, 0.15) is 5.56 Å². The smallest absolute Gasteiger partial charge is 0.313 e.